The minimum absolute atomic E-state index is 0.0564. The van der Waals surface area contributed by atoms with Crippen LogP contribution in [0.4, 0.5) is 5.69 Å². The lowest BCUT2D eigenvalue weighted by Gasteiger charge is -2.35. The predicted molar refractivity (Wildman–Crippen MR) is 112 cm³/mol. The zero-order valence-corrected chi connectivity index (χ0v) is 17.6. The Morgan fingerprint density at radius 1 is 1.21 bits per heavy atom. The van der Waals surface area contributed by atoms with Gasteiger partial charge in [-0.2, -0.15) is 0 Å². The van der Waals surface area contributed by atoms with E-state index in [4.69, 9.17) is 9.47 Å². The van der Waals surface area contributed by atoms with Crippen LogP contribution in [0.1, 0.15) is 31.9 Å². The number of para-hydroxylation sites is 2. The fraction of sp³-hybridized carbons (Fsp3) is 0.381. The van der Waals surface area contributed by atoms with Crippen LogP contribution in [0.3, 0.4) is 0 Å². The molecule has 0 aromatic heterocycles. The summed E-state index contributed by atoms with van der Waals surface area (Å²) in [5.41, 5.74) is 1.40. The standard InChI is InChI=1S/C21H26N2O5S/c1-4-17(15-10-12-16(27-3)13-11-15)22-21(24)20-14-23(29(25,26)5-2)18-8-6-7-9-19(18)28-20/h6-13,17,20H,4-5,14H2,1-3H3,(H,22,24)/t17-,20-/m0/s1. The molecule has 0 unspecified atom stereocenters. The van der Waals surface area contributed by atoms with Gasteiger partial charge in [-0.05, 0) is 43.2 Å². The Hall–Kier alpha value is -2.74. The summed E-state index contributed by atoms with van der Waals surface area (Å²) in [4.78, 5) is 13.0. The second-order valence-corrected chi connectivity index (χ2v) is 8.93. The Morgan fingerprint density at radius 3 is 2.52 bits per heavy atom. The zero-order valence-electron chi connectivity index (χ0n) is 16.8. The van der Waals surface area contributed by atoms with Crippen molar-refractivity contribution in [1.82, 2.24) is 5.32 Å². The van der Waals surface area contributed by atoms with Crippen molar-refractivity contribution in [3.05, 3.63) is 54.1 Å². The number of methoxy groups -OCH3 is 1. The second kappa shape index (κ2) is 8.73. The largest absolute Gasteiger partial charge is 0.497 e. The van der Waals surface area contributed by atoms with Crippen molar-refractivity contribution in [1.29, 1.82) is 0 Å². The van der Waals surface area contributed by atoms with E-state index >= 15 is 0 Å². The first kappa shape index (κ1) is 21.0. The van der Waals surface area contributed by atoms with Crippen molar-refractivity contribution in [3.63, 3.8) is 0 Å². The zero-order chi connectivity index (χ0) is 21.0. The van der Waals surface area contributed by atoms with Gasteiger partial charge >= 0.3 is 0 Å². The minimum atomic E-state index is -3.54. The van der Waals surface area contributed by atoms with Gasteiger partial charge in [0.25, 0.3) is 5.91 Å². The van der Waals surface area contributed by atoms with Gasteiger partial charge < -0.3 is 14.8 Å². The van der Waals surface area contributed by atoms with E-state index in [1.54, 1.807) is 38.3 Å². The Labute approximate surface area is 171 Å². The van der Waals surface area contributed by atoms with Crippen LogP contribution in [-0.4, -0.2) is 39.8 Å². The van der Waals surface area contributed by atoms with E-state index in [1.807, 2.05) is 31.2 Å². The van der Waals surface area contributed by atoms with E-state index in [1.165, 1.54) is 4.31 Å². The first-order valence-corrected chi connectivity index (χ1v) is 11.2. The van der Waals surface area contributed by atoms with Crippen molar-refractivity contribution in [2.24, 2.45) is 0 Å². The van der Waals surface area contributed by atoms with E-state index in [9.17, 15) is 13.2 Å². The third kappa shape index (κ3) is 4.48. The maximum absolute atomic E-state index is 13.0. The summed E-state index contributed by atoms with van der Waals surface area (Å²) >= 11 is 0. The van der Waals surface area contributed by atoms with Crippen molar-refractivity contribution >= 4 is 21.6 Å². The maximum Gasteiger partial charge on any atom is 0.263 e. The molecule has 1 aliphatic rings. The van der Waals surface area contributed by atoms with Crippen LogP contribution < -0.4 is 19.1 Å². The molecule has 2 atom stereocenters. The fourth-order valence-electron chi connectivity index (χ4n) is 3.28. The Bertz CT molecular complexity index is 959. The van der Waals surface area contributed by atoms with Gasteiger partial charge in [0, 0.05) is 0 Å². The number of nitrogens with one attached hydrogen (secondary N) is 1. The summed E-state index contributed by atoms with van der Waals surface area (Å²) in [5, 5.41) is 2.98. The summed E-state index contributed by atoms with van der Waals surface area (Å²) in [6, 6.07) is 14.1. The Kier molecular flexibility index (Phi) is 6.32. The molecule has 0 spiro atoms. The number of anilines is 1. The topological polar surface area (TPSA) is 84.9 Å². The van der Waals surface area contributed by atoms with Gasteiger partial charge in [-0.1, -0.05) is 31.2 Å². The van der Waals surface area contributed by atoms with Gasteiger partial charge in [0.05, 0.1) is 31.1 Å². The van der Waals surface area contributed by atoms with E-state index in [-0.39, 0.29) is 24.2 Å². The molecule has 3 rings (SSSR count). The van der Waals surface area contributed by atoms with Gasteiger partial charge in [0.1, 0.15) is 11.5 Å². The summed E-state index contributed by atoms with van der Waals surface area (Å²) in [7, 11) is -1.94. The predicted octanol–water partition coefficient (Wildman–Crippen LogP) is 2.88. The summed E-state index contributed by atoms with van der Waals surface area (Å²) in [6.07, 6.45) is -0.253. The van der Waals surface area contributed by atoms with E-state index in [0.717, 1.165) is 11.3 Å². The summed E-state index contributed by atoms with van der Waals surface area (Å²) in [5.74, 6) is 0.716. The highest BCUT2D eigenvalue weighted by Crippen LogP contribution is 2.35. The van der Waals surface area contributed by atoms with Crippen LogP contribution in [0.2, 0.25) is 0 Å². The molecule has 1 amide bonds. The molecule has 1 heterocycles. The van der Waals surface area contributed by atoms with Crippen LogP contribution in [0.25, 0.3) is 0 Å². The average Bonchev–Trinajstić information content (AvgIpc) is 2.76. The summed E-state index contributed by atoms with van der Waals surface area (Å²) < 4.78 is 37.4. The molecule has 0 radical (unpaired) electrons. The molecule has 2 aromatic carbocycles. The Morgan fingerprint density at radius 2 is 1.90 bits per heavy atom. The molecule has 29 heavy (non-hydrogen) atoms. The first-order valence-electron chi connectivity index (χ1n) is 9.60. The van der Waals surface area contributed by atoms with Crippen molar-refractivity contribution in [2.75, 3.05) is 23.7 Å². The maximum atomic E-state index is 13.0. The van der Waals surface area contributed by atoms with Crippen LogP contribution in [0.5, 0.6) is 11.5 Å². The average molecular weight is 419 g/mol. The molecule has 156 valence electrons. The molecule has 0 bridgehead atoms. The van der Waals surface area contributed by atoms with Gasteiger partial charge in [-0.3, -0.25) is 9.10 Å². The van der Waals surface area contributed by atoms with Crippen LogP contribution in [0, 0.1) is 0 Å². The third-order valence-corrected chi connectivity index (χ3v) is 6.72. The molecule has 1 N–H and O–H groups in total. The number of carbonyl (C=O) groups is 1. The van der Waals surface area contributed by atoms with Gasteiger partial charge in [-0.15, -0.1) is 0 Å². The van der Waals surface area contributed by atoms with Crippen LogP contribution >= 0.6 is 0 Å². The Balaban J connectivity index is 1.81. The highest BCUT2D eigenvalue weighted by atomic mass is 32.2. The van der Waals surface area contributed by atoms with Gasteiger partial charge in [0.15, 0.2) is 6.10 Å². The molecule has 0 fully saturated rings. The van der Waals surface area contributed by atoms with Crippen molar-refractivity contribution in [3.8, 4) is 11.5 Å². The number of ether oxygens (including phenoxy) is 2. The highest BCUT2D eigenvalue weighted by molar-refractivity contribution is 7.92. The first-order chi connectivity index (χ1) is 13.9. The summed E-state index contributed by atoms with van der Waals surface area (Å²) in [6.45, 7) is 3.50. The third-order valence-electron chi connectivity index (χ3n) is 4.97. The molecule has 0 aliphatic carbocycles. The van der Waals surface area contributed by atoms with Crippen molar-refractivity contribution in [2.45, 2.75) is 32.4 Å². The number of fused-ring (bicyclic) bond motifs is 1. The van der Waals surface area contributed by atoms with Crippen LogP contribution in [0.15, 0.2) is 48.5 Å². The molecular formula is C21H26N2O5S. The minimum Gasteiger partial charge on any atom is -0.497 e. The number of rotatable bonds is 7. The number of sulfonamides is 1. The molecular weight excluding hydrogens is 392 g/mol. The number of carbonyl (C=O) groups excluding carboxylic acids is 1. The molecule has 7 nitrogen and oxygen atoms in total. The number of amides is 1. The van der Waals surface area contributed by atoms with Gasteiger partial charge in [-0.25, -0.2) is 8.42 Å². The lowest BCUT2D eigenvalue weighted by atomic mass is 10.0. The molecule has 0 saturated carbocycles. The number of hydrogen-bond acceptors (Lipinski definition) is 5. The van der Waals surface area contributed by atoms with E-state index in [2.05, 4.69) is 5.32 Å². The quantitative estimate of drug-likeness (QED) is 0.747. The second-order valence-electron chi connectivity index (χ2n) is 6.75. The SMILES string of the molecule is CC[C@H](NC(=O)[C@@H]1CN(S(=O)(=O)CC)c2ccccc2O1)c1ccc(OC)cc1. The number of hydrogen-bond donors (Lipinski definition) is 1. The van der Waals surface area contributed by atoms with Crippen molar-refractivity contribution < 1.29 is 22.7 Å². The lowest BCUT2D eigenvalue weighted by molar-refractivity contribution is -0.128. The molecule has 1 aliphatic heterocycles. The molecule has 2 aromatic rings. The van der Waals surface area contributed by atoms with E-state index < -0.39 is 16.1 Å². The highest BCUT2D eigenvalue weighted by Gasteiger charge is 2.36. The normalized spacial score (nSPS) is 17.1. The molecule has 8 heteroatoms. The van der Waals surface area contributed by atoms with Gasteiger partial charge in [0.2, 0.25) is 10.0 Å². The number of nitrogens with zero attached hydrogens (tertiary/aromatic N) is 1. The number of benzene rings is 2. The molecule has 0 saturated heterocycles. The van der Waals surface area contributed by atoms with Crippen LogP contribution in [-0.2, 0) is 14.8 Å². The fourth-order valence-corrected chi connectivity index (χ4v) is 4.40. The smallest absolute Gasteiger partial charge is 0.263 e. The lowest BCUT2D eigenvalue weighted by Crippen LogP contribution is -2.51. The monoisotopic (exact) mass is 418 g/mol. The van der Waals surface area contributed by atoms with E-state index in [0.29, 0.717) is 17.9 Å².